The van der Waals surface area contributed by atoms with E-state index >= 15 is 0 Å². The van der Waals surface area contributed by atoms with Crippen LogP contribution in [0.5, 0.6) is 0 Å². The quantitative estimate of drug-likeness (QED) is 0.314. The Morgan fingerprint density at radius 3 is 1.86 bits per heavy atom. The van der Waals surface area contributed by atoms with Crippen molar-refractivity contribution in [1.29, 1.82) is 0 Å². The van der Waals surface area contributed by atoms with Crippen LogP contribution >= 0.6 is 0 Å². The van der Waals surface area contributed by atoms with E-state index < -0.39 is 53.2 Å². The summed E-state index contributed by atoms with van der Waals surface area (Å²) < 4.78 is 23.4. The Kier molecular flexibility index (Phi) is 7.78. The highest BCUT2D eigenvalue weighted by Gasteiger charge is 2.60. The van der Waals surface area contributed by atoms with Gasteiger partial charge in [-0.1, -0.05) is 27.4 Å². The molecule has 2 fully saturated rings. The monoisotopic (exact) mass is 504 g/mol. The van der Waals surface area contributed by atoms with Crippen molar-refractivity contribution in [2.24, 2.45) is 22.7 Å². The van der Waals surface area contributed by atoms with Crippen LogP contribution < -0.4 is 0 Å². The summed E-state index contributed by atoms with van der Waals surface area (Å²) in [7, 11) is 0. The summed E-state index contributed by atoms with van der Waals surface area (Å²) in [6.45, 7) is 17.9. The number of ether oxygens (including phenoxy) is 4. The number of hydrogen-bond acceptors (Lipinski definition) is 8. The Morgan fingerprint density at radius 1 is 0.806 bits per heavy atom. The fourth-order valence-corrected chi connectivity index (χ4v) is 6.95. The van der Waals surface area contributed by atoms with Gasteiger partial charge in [-0.2, -0.15) is 0 Å². The van der Waals surface area contributed by atoms with Gasteiger partial charge in [-0.15, -0.1) is 0 Å². The largest absolute Gasteiger partial charge is 0.458 e. The molecular weight excluding hydrogens is 464 g/mol. The van der Waals surface area contributed by atoms with E-state index in [0.717, 1.165) is 16.7 Å². The third-order valence-electron chi connectivity index (χ3n) is 8.66. The molecule has 0 heterocycles. The summed E-state index contributed by atoms with van der Waals surface area (Å²) in [5.74, 6) is -1.90. The van der Waals surface area contributed by atoms with E-state index in [-0.39, 0.29) is 17.8 Å². The zero-order valence-corrected chi connectivity index (χ0v) is 22.8. The number of carbonyl (C=O) groups is 4. The molecule has 36 heavy (non-hydrogen) atoms. The SMILES string of the molecule is C=C1C(OC(C)=O)CC[C@]2(C)C1CC1CC(OC(C)=O)C(C)=C([C@@H](OC(C)=O)C2OC(C)=O)C1(C)C. The maximum atomic E-state index is 12.4. The van der Waals surface area contributed by atoms with Gasteiger partial charge in [-0.25, -0.2) is 0 Å². The lowest BCUT2D eigenvalue weighted by Crippen LogP contribution is -2.59. The maximum absolute atomic E-state index is 12.4. The van der Waals surface area contributed by atoms with Crippen LogP contribution in [0.2, 0.25) is 0 Å². The summed E-state index contributed by atoms with van der Waals surface area (Å²) in [5, 5.41) is 0. The third kappa shape index (κ3) is 5.09. The predicted molar refractivity (Wildman–Crippen MR) is 131 cm³/mol. The van der Waals surface area contributed by atoms with E-state index in [1.54, 1.807) is 0 Å². The second-order valence-corrected chi connectivity index (χ2v) is 11.4. The van der Waals surface area contributed by atoms with E-state index in [0.29, 0.717) is 25.7 Å². The van der Waals surface area contributed by atoms with Gasteiger partial charge in [0.2, 0.25) is 0 Å². The van der Waals surface area contributed by atoms with Gasteiger partial charge in [0.15, 0.2) is 6.10 Å². The predicted octanol–water partition coefficient (Wildman–Crippen LogP) is 4.45. The molecule has 7 atom stereocenters. The molecule has 0 aromatic heterocycles. The molecule has 8 heteroatoms. The van der Waals surface area contributed by atoms with E-state index in [2.05, 4.69) is 20.4 Å². The van der Waals surface area contributed by atoms with Crippen LogP contribution in [0.4, 0.5) is 0 Å². The molecule has 8 nitrogen and oxygen atoms in total. The molecule has 3 rings (SSSR count). The second kappa shape index (κ2) is 10.0. The third-order valence-corrected chi connectivity index (χ3v) is 8.66. The minimum absolute atomic E-state index is 0.0361. The first-order chi connectivity index (χ1) is 16.6. The Bertz CT molecular complexity index is 992. The topological polar surface area (TPSA) is 105 Å². The van der Waals surface area contributed by atoms with Gasteiger partial charge in [0.05, 0.1) is 0 Å². The smallest absolute Gasteiger partial charge is 0.303 e. The number of carbonyl (C=O) groups excluding carboxylic acids is 4. The van der Waals surface area contributed by atoms with Crippen LogP contribution in [0.3, 0.4) is 0 Å². The fraction of sp³-hybridized carbons (Fsp3) is 0.714. The Hall–Kier alpha value is -2.64. The lowest BCUT2D eigenvalue weighted by atomic mass is 9.50. The van der Waals surface area contributed by atoms with Gasteiger partial charge < -0.3 is 18.9 Å². The molecule has 0 N–H and O–H groups in total. The van der Waals surface area contributed by atoms with Gasteiger partial charge in [0, 0.05) is 33.1 Å². The summed E-state index contributed by atoms with van der Waals surface area (Å²) in [6, 6.07) is 0. The Labute approximate surface area is 213 Å². The van der Waals surface area contributed by atoms with Crippen LogP contribution in [-0.2, 0) is 38.1 Å². The molecule has 0 radical (unpaired) electrons. The van der Waals surface area contributed by atoms with Gasteiger partial charge in [0.1, 0.15) is 18.3 Å². The highest BCUT2D eigenvalue weighted by atomic mass is 16.6. The Morgan fingerprint density at radius 2 is 1.33 bits per heavy atom. The first kappa shape index (κ1) is 27.9. The van der Waals surface area contributed by atoms with Crippen molar-refractivity contribution >= 4 is 23.9 Å². The minimum Gasteiger partial charge on any atom is -0.458 e. The van der Waals surface area contributed by atoms with Crippen LogP contribution in [0.1, 0.15) is 81.1 Å². The van der Waals surface area contributed by atoms with Crippen LogP contribution in [0.25, 0.3) is 0 Å². The lowest BCUT2D eigenvalue weighted by Gasteiger charge is -2.58. The van der Waals surface area contributed by atoms with Gasteiger partial charge in [-0.05, 0) is 66.6 Å². The molecule has 0 aliphatic heterocycles. The summed E-state index contributed by atoms with van der Waals surface area (Å²) in [5.41, 5.74) is 1.33. The highest BCUT2D eigenvalue weighted by molar-refractivity contribution is 5.69. The van der Waals surface area contributed by atoms with E-state index in [1.165, 1.54) is 27.7 Å². The molecule has 0 aromatic rings. The van der Waals surface area contributed by atoms with E-state index in [9.17, 15) is 19.2 Å². The summed E-state index contributed by atoms with van der Waals surface area (Å²) >= 11 is 0. The standard InChI is InChI=1S/C28H40O8/c1-14-21-12-20-13-23(34-17(4)30)15(2)24(27(20,7)8)25(35-18(5)31)26(36-19(6)32)28(21,9)11-10-22(14)33-16(3)29/h20-23,25-26H,1,10-13H2,2-9H3/t20?,21?,22?,23?,25-,26?,28-/m1/s1. The van der Waals surface area contributed by atoms with Crippen LogP contribution in [-0.4, -0.2) is 48.3 Å². The molecule has 0 amide bonds. The molecule has 200 valence electrons. The van der Waals surface area contributed by atoms with Gasteiger partial charge in [-0.3, -0.25) is 19.2 Å². The van der Waals surface area contributed by atoms with Crippen molar-refractivity contribution in [2.75, 3.05) is 0 Å². The number of hydrogen-bond donors (Lipinski definition) is 0. The van der Waals surface area contributed by atoms with Crippen molar-refractivity contribution in [3.63, 3.8) is 0 Å². The molecule has 5 unspecified atom stereocenters. The van der Waals surface area contributed by atoms with Crippen LogP contribution in [0, 0.1) is 22.7 Å². The van der Waals surface area contributed by atoms with Crippen molar-refractivity contribution < 1.29 is 38.1 Å². The van der Waals surface area contributed by atoms with Crippen molar-refractivity contribution in [2.45, 2.75) is 105 Å². The lowest BCUT2D eigenvalue weighted by molar-refractivity contribution is -0.187. The van der Waals surface area contributed by atoms with Gasteiger partial charge >= 0.3 is 23.9 Å². The zero-order chi connectivity index (χ0) is 27.2. The summed E-state index contributed by atoms with van der Waals surface area (Å²) in [6.07, 6.45) is -0.234. The molecule has 0 aromatic carbocycles. The van der Waals surface area contributed by atoms with Crippen molar-refractivity contribution in [1.82, 2.24) is 0 Å². The van der Waals surface area contributed by atoms with Crippen LogP contribution in [0.15, 0.2) is 23.3 Å². The number of esters is 4. The molecule has 2 saturated carbocycles. The molecule has 3 aliphatic carbocycles. The zero-order valence-electron chi connectivity index (χ0n) is 22.8. The normalized spacial score (nSPS) is 35.5. The van der Waals surface area contributed by atoms with Crippen molar-refractivity contribution in [3.8, 4) is 0 Å². The fourth-order valence-electron chi connectivity index (χ4n) is 6.95. The highest BCUT2D eigenvalue weighted by Crippen LogP contribution is 2.60. The maximum Gasteiger partial charge on any atom is 0.303 e. The number of rotatable bonds is 4. The molecule has 0 saturated heterocycles. The minimum atomic E-state index is -0.867. The van der Waals surface area contributed by atoms with E-state index in [1.807, 2.05) is 13.8 Å². The molecular formula is C28H40O8. The Balaban J connectivity index is 2.27. The second-order valence-electron chi connectivity index (χ2n) is 11.4. The van der Waals surface area contributed by atoms with E-state index in [4.69, 9.17) is 18.9 Å². The van der Waals surface area contributed by atoms with Gasteiger partial charge in [0.25, 0.3) is 0 Å². The summed E-state index contributed by atoms with van der Waals surface area (Å²) in [4.78, 5) is 48.7. The first-order valence-electron chi connectivity index (χ1n) is 12.7. The molecule has 2 bridgehead atoms. The average Bonchev–Trinajstić information content (AvgIpc) is 2.72. The molecule has 3 aliphatic rings. The van der Waals surface area contributed by atoms with Crippen molar-refractivity contribution in [3.05, 3.63) is 23.3 Å². The number of fused-ring (bicyclic) bond motifs is 3. The average molecular weight is 505 g/mol. The molecule has 0 spiro atoms. The first-order valence-corrected chi connectivity index (χ1v) is 12.7.